The van der Waals surface area contributed by atoms with Gasteiger partial charge < -0.3 is 25.2 Å². The minimum Gasteiger partial charge on any atom is -0.508 e. The number of hydrogen-bond donors (Lipinski definition) is 3. The largest absolute Gasteiger partial charge is 0.508 e. The van der Waals surface area contributed by atoms with E-state index in [2.05, 4.69) is 17.2 Å². The van der Waals surface area contributed by atoms with E-state index in [1.807, 2.05) is 31.2 Å². The SMILES string of the molecule is C=C(C)C(=O)OCCOC(=O)N[C@@H](Cc1ccc(O)cc1)C(=O)NCCc1ccc(C)cc1. The van der Waals surface area contributed by atoms with Crippen molar-refractivity contribution in [2.45, 2.75) is 32.7 Å². The maximum absolute atomic E-state index is 12.8. The van der Waals surface area contributed by atoms with Crippen LogP contribution in [0, 0.1) is 6.92 Å². The van der Waals surface area contributed by atoms with Gasteiger partial charge in [0.2, 0.25) is 5.91 Å². The van der Waals surface area contributed by atoms with E-state index in [0.29, 0.717) is 13.0 Å². The van der Waals surface area contributed by atoms with Crippen LogP contribution < -0.4 is 10.6 Å². The number of aryl methyl sites for hydroxylation is 1. The lowest BCUT2D eigenvalue weighted by atomic mass is 10.0. The molecule has 2 amide bonds. The molecule has 0 aromatic heterocycles. The summed E-state index contributed by atoms with van der Waals surface area (Å²) in [6.07, 6.45) is 0.0474. The van der Waals surface area contributed by atoms with Gasteiger partial charge in [-0.3, -0.25) is 4.79 Å². The minimum atomic E-state index is -0.891. The van der Waals surface area contributed by atoms with Gasteiger partial charge in [-0.1, -0.05) is 48.5 Å². The lowest BCUT2D eigenvalue weighted by Crippen LogP contribution is -2.48. The monoisotopic (exact) mass is 454 g/mol. The van der Waals surface area contributed by atoms with Crippen LogP contribution in [0.15, 0.2) is 60.7 Å². The Bertz CT molecular complexity index is 954. The first-order chi connectivity index (χ1) is 15.7. The van der Waals surface area contributed by atoms with Gasteiger partial charge in [-0.2, -0.15) is 0 Å². The van der Waals surface area contributed by atoms with Crippen LogP contribution in [0.1, 0.15) is 23.6 Å². The summed E-state index contributed by atoms with van der Waals surface area (Å²) in [5.41, 5.74) is 3.25. The molecule has 2 rings (SSSR count). The van der Waals surface area contributed by atoms with Crippen molar-refractivity contribution >= 4 is 18.0 Å². The highest BCUT2D eigenvalue weighted by atomic mass is 16.6. The summed E-state index contributed by atoms with van der Waals surface area (Å²) in [7, 11) is 0. The van der Waals surface area contributed by atoms with Gasteiger partial charge in [-0.25, -0.2) is 9.59 Å². The fourth-order valence-electron chi connectivity index (χ4n) is 2.86. The van der Waals surface area contributed by atoms with E-state index in [4.69, 9.17) is 9.47 Å². The molecular weight excluding hydrogens is 424 g/mol. The zero-order valence-electron chi connectivity index (χ0n) is 18.9. The fraction of sp³-hybridized carbons (Fsp3) is 0.320. The second-order valence-electron chi connectivity index (χ2n) is 7.65. The summed E-state index contributed by atoms with van der Waals surface area (Å²) < 4.78 is 9.89. The molecule has 0 radical (unpaired) electrons. The zero-order chi connectivity index (χ0) is 24.2. The van der Waals surface area contributed by atoms with Crippen LogP contribution in [0.3, 0.4) is 0 Å². The third kappa shape index (κ3) is 9.47. The molecule has 0 bridgehead atoms. The molecule has 2 aromatic carbocycles. The molecule has 0 aliphatic heterocycles. The van der Waals surface area contributed by atoms with Crippen molar-refractivity contribution in [1.29, 1.82) is 0 Å². The second kappa shape index (κ2) is 12.9. The second-order valence-corrected chi connectivity index (χ2v) is 7.65. The molecule has 0 spiro atoms. The Labute approximate surface area is 193 Å². The first kappa shape index (κ1) is 25.5. The standard InChI is InChI=1S/C25H30N2O6/c1-17(2)24(30)32-14-15-33-25(31)27-22(16-20-8-10-21(28)11-9-20)23(29)26-13-12-19-6-4-18(3)5-7-19/h4-11,22,28H,1,12-16H2,2-3H3,(H,26,29)(H,27,31)/t22-/m0/s1. The van der Waals surface area contributed by atoms with Gasteiger partial charge in [0.05, 0.1) is 0 Å². The van der Waals surface area contributed by atoms with Crippen molar-refractivity contribution in [2.24, 2.45) is 0 Å². The van der Waals surface area contributed by atoms with Crippen LogP contribution in [0.2, 0.25) is 0 Å². The molecule has 33 heavy (non-hydrogen) atoms. The van der Waals surface area contributed by atoms with Gasteiger partial charge in [-0.15, -0.1) is 0 Å². The Morgan fingerprint density at radius 3 is 2.21 bits per heavy atom. The van der Waals surface area contributed by atoms with E-state index in [-0.39, 0.29) is 36.9 Å². The van der Waals surface area contributed by atoms with Crippen molar-refractivity contribution in [3.63, 3.8) is 0 Å². The predicted molar refractivity (Wildman–Crippen MR) is 124 cm³/mol. The van der Waals surface area contributed by atoms with Gasteiger partial charge in [0, 0.05) is 18.5 Å². The molecule has 0 saturated heterocycles. The van der Waals surface area contributed by atoms with Crippen molar-refractivity contribution < 1.29 is 29.0 Å². The number of ether oxygens (including phenoxy) is 2. The number of alkyl carbamates (subject to hydrolysis) is 1. The van der Waals surface area contributed by atoms with Crippen LogP contribution >= 0.6 is 0 Å². The van der Waals surface area contributed by atoms with Crippen LogP contribution in [0.5, 0.6) is 5.75 Å². The van der Waals surface area contributed by atoms with Gasteiger partial charge in [0.1, 0.15) is 25.0 Å². The zero-order valence-corrected chi connectivity index (χ0v) is 18.9. The Morgan fingerprint density at radius 2 is 1.58 bits per heavy atom. The normalized spacial score (nSPS) is 11.2. The van der Waals surface area contributed by atoms with E-state index in [1.165, 1.54) is 19.1 Å². The van der Waals surface area contributed by atoms with Gasteiger partial charge in [0.15, 0.2) is 0 Å². The van der Waals surface area contributed by atoms with Crippen LogP contribution in [0.25, 0.3) is 0 Å². The third-order valence-electron chi connectivity index (χ3n) is 4.72. The van der Waals surface area contributed by atoms with Gasteiger partial charge in [-0.05, 0) is 43.5 Å². The topological polar surface area (TPSA) is 114 Å². The van der Waals surface area contributed by atoms with Crippen molar-refractivity contribution in [1.82, 2.24) is 10.6 Å². The number of phenols is 1. The van der Waals surface area contributed by atoms with Gasteiger partial charge >= 0.3 is 12.1 Å². The molecule has 0 fully saturated rings. The fourth-order valence-corrected chi connectivity index (χ4v) is 2.86. The number of amides is 2. The lowest BCUT2D eigenvalue weighted by molar-refractivity contribution is -0.139. The highest BCUT2D eigenvalue weighted by Gasteiger charge is 2.22. The van der Waals surface area contributed by atoms with Crippen molar-refractivity contribution in [3.8, 4) is 5.75 Å². The Hall–Kier alpha value is -3.81. The smallest absolute Gasteiger partial charge is 0.407 e. The van der Waals surface area contributed by atoms with Crippen LogP contribution in [-0.2, 0) is 31.9 Å². The first-order valence-corrected chi connectivity index (χ1v) is 10.6. The van der Waals surface area contributed by atoms with Crippen LogP contribution in [-0.4, -0.2) is 48.9 Å². The third-order valence-corrected chi connectivity index (χ3v) is 4.72. The number of hydrogen-bond acceptors (Lipinski definition) is 6. The Morgan fingerprint density at radius 1 is 0.970 bits per heavy atom. The number of rotatable bonds is 11. The molecule has 8 nitrogen and oxygen atoms in total. The predicted octanol–water partition coefficient (Wildman–Crippen LogP) is 2.82. The summed E-state index contributed by atoms with van der Waals surface area (Å²) in [6, 6.07) is 13.5. The van der Waals surface area contributed by atoms with Gasteiger partial charge in [0.25, 0.3) is 0 Å². The minimum absolute atomic E-state index is 0.106. The van der Waals surface area contributed by atoms with E-state index in [1.54, 1.807) is 12.1 Å². The maximum Gasteiger partial charge on any atom is 0.407 e. The molecule has 176 valence electrons. The molecule has 8 heteroatoms. The first-order valence-electron chi connectivity index (χ1n) is 10.6. The molecule has 0 aliphatic rings. The number of carbonyl (C=O) groups is 3. The molecule has 0 unspecified atom stereocenters. The quantitative estimate of drug-likeness (QED) is 0.273. The summed E-state index contributed by atoms with van der Waals surface area (Å²) in [5.74, 6) is -0.826. The highest BCUT2D eigenvalue weighted by molar-refractivity contribution is 5.87. The Kier molecular flexibility index (Phi) is 9.95. The lowest BCUT2D eigenvalue weighted by Gasteiger charge is -2.19. The molecule has 0 heterocycles. The van der Waals surface area contributed by atoms with Crippen LogP contribution in [0.4, 0.5) is 4.79 Å². The molecule has 3 N–H and O–H groups in total. The average molecular weight is 455 g/mol. The molecule has 0 saturated carbocycles. The number of aromatic hydroxyl groups is 1. The van der Waals surface area contributed by atoms with Crippen molar-refractivity contribution in [3.05, 3.63) is 77.4 Å². The number of esters is 1. The average Bonchev–Trinajstić information content (AvgIpc) is 2.78. The highest BCUT2D eigenvalue weighted by Crippen LogP contribution is 2.12. The summed E-state index contributed by atoms with van der Waals surface area (Å²) in [4.78, 5) is 36.3. The van der Waals surface area contributed by atoms with E-state index in [9.17, 15) is 19.5 Å². The van der Waals surface area contributed by atoms with E-state index < -0.39 is 18.1 Å². The molecule has 2 aromatic rings. The summed E-state index contributed by atoms with van der Waals surface area (Å²) in [5, 5.41) is 14.9. The Balaban J connectivity index is 1.90. The summed E-state index contributed by atoms with van der Waals surface area (Å²) in [6.45, 7) is 7.11. The number of phenolic OH excluding ortho intramolecular Hbond substituents is 1. The number of carbonyl (C=O) groups excluding carboxylic acids is 3. The number of benzene rings is 2. The molecular formula is C25H30N2O6. The maximum atomic E-state index is 12.8. The molecule has 0 aliphatic carbocycles. The van der Waals surface area contributed by atoms with E-state index >= 15 is 0 Å². The van der Waals surface area contributed by atoms with E-state index in [0.717, 1.165) is 16.7 Å². The molecule has 1 atom stereocenters. The summed E-state index contributed by atoms with van der Waals surface area (Å²) >= 11 is 0. The van der Waals surface area contributed by atoms with Crippen molar-refractivity contribution in [2.75, 3.05) is 19.8 Å². The number of nitrogens with one attached hydrogen (secondary N) is 2.